The van der Waals surface area contributed by atoms with Gasteiger partial charge in [-0.1, -0.05) is 64.2 Å². The topological polar surface area (TPSA) is 76.4 Å². The second-order valence-electron chi connectivity index (χ2n) is 9.07. The molecule has 2 aliphatic carbocycles. The number of hydrogen-bond donors (Lipinski definition) is 3. The van der Waals surface area contributed by atoms with Crippen LogP contribution in [0.3, 0.4) is 0 Å². The molecular formula is C21H37N3O2. The molecule has 3 N–H and O–H groups in total. The highest BCUT2D eigenvalue weighted by molar-refractivity contribution is 6.07. The molecule has 0 aromatic heterocycles. The maximum atomic E-state index is 13.3. The summed E-state index contributed by atoms with van der Waals surface area (Å²) in [4.78, 5) is 14.8. The van der Waals surface area contributed by atoms with Gasteiger partial charge in [0.25, 0.3) is 5.91 Å². The minimum Gasteiger partial charge on any atom is -0.392 e. The van der Waals surface area contributed by atoms with Crippen molar-refractivity contribution >= 4 is 11.9 Å². The first kappa shape index (κ1) is 19.7. The Bertz CT molecular complexity index is 495. The molecule has 3 aliphatic rings. The monoisotopic (exact) mass is 363 g/mol. The van der Waals surface area contributed by atoms with E-state index in [1.807, 2.05) is 0 Å². The number of aliphatic hydroxyl groups excluding tert-OH is 1. The number of β-amino-alcohol motifs (C(OH)–C–C–N with tert-alkyl or cyclic N) is 1. The lowest BCUT2D eigenvalue weighted by Gasteiger charge is -2.34. The third-order valence-electron chi connectivity index (χ3n) is 6.79. The van der Waals surface area contributed by atoms with Gasteiger partial charge in [-0.2, -0.15) is 0 Å². The zero-order valence-electron chi connectivity index (χ0n) is 16.4. The van der Waals surface area contributed by atoms with Gasteiger partial charge in [0, 0.05) is 0 Å². The molecule has 0 unspecified atom stereocenters. The normalized spacial score (nSPS) is 29.8. The van der Waals surface area contributed by atoms with Crippen LogP contribution in [0.25, 0.3) is 0 Å². The van der Waals surface area contributed by atoms with E-state index in [1.165, 1.54) is 69.1 Å². The lowest BCUT2D eigenvalue weighted by Crippen LogP contribution is -2.49. The molecule has 1 amide bonds. The van der Waals surface area contributed by atoms with Gasteiger partial charge in [-0.05, 0) is 38.0 Å². The Morgan fingerprint density at radius 3 is 2.27 bits per heavy atom. The summed E-state index contributed by atoms with van der Waals surface area (Å²) < 4.78 is 0. The van der Waals surface area contributed by atoms with Crippen LogP contribution in [0.15, 0.2) is 0 Å². The van der Waals surface area contributed by atoms with E-state index in [0.717, 1.165) is 25.2 Å². The fourth-order valence-corrected chi connectivity index (χ4v) is 5.37. The molecule has 3 rings (SSSR count). The molecule has 0 bridgehead atoms. The van der Waals surface area contributed by atoms with Gasteiger partial charge in [-0.15, -0.1) is 0 Å². The van der Waals surface area contributed by atoms with Crippen LogP contribution >= 0.6 is 0 Å². The van der Waals surface area contributed by atoms with Crippen LogP contribution in [0, 0.1) is 17.2 Å². The van der Waals surface area contributed by atoms with E-state index in [1.54, 1.807) is 6.92 Å². The number of nitrogens with one attached hydrogen (secondary N) is 2. The molecule has 5 nitrogen and oxygen atoms in total. The molecule has 0 aromatic carbocycles. The van der Waals surface area contributed by atoms with E-state index in [2.05, 4.69) is 5.32 Å². The molecule has 0 spiro atoms. The average Bonchev–Trinajstić information content (AvgIpc) is 2.86. The van der Waals surface area contributed by atoms with Crippen molar-refractivity contribution in [3.63, 3.8) is 0 Å². The highest BCUT2D eigenvalue weighted by Crippen LogP contribution is 2.38. The molecule has 5 heteroatoms. The molecular weight excluding hydrogens is 326 g/mol. The maximum Gasteiger partial charge on any atom is 0.255 e. The van der Waals surface area contributed by atoms with Crippen molar-refractivity contribution < 1.29 is 9.90 Å². The first-order chi connectivity index (χ1) is 12.5. The number of carbonyl (C=O) groups is 1. The molecule has 26 heavy (non-hydrogen) atoms. The van der Waals surface area contributed by atoms with Gasteiger partial charge in [0.1, 0.15) is 5.54 Å². The van der Waals surface area contributed by atoms with Crippen LogP contribution in [0.4, 0.5) is 0 Å². The predicted octanol–water partition coefficient (Wildman–Crippen LogP) is 3.80. The van der Waals surface area contributed by atoms with Crippen LogP contribution in [0.1, 0.15) is 90.4 Å². The second kappa shape index (κ2) is 8.73. The number of aliphatic hydroxyl groups is 1. The standard InChI is InChI=1S/C21H37N3O2/c1-16(25)15-24-19(26)21(23-20(24)22,14-18-10-6-3-7-11-18)13-12-17-8-4-2-5-9-17/h16-18,25H,2-15H2,1H3,(H2,22,23)/t16-,21-/m1/s1. The molecule has 1 aliphatic heterocycles. The summed E-state index contributed by atoms with van der Waals surface area (Å²) in [5.41, 5.74) is -0.606. The quantitative estimate of drug-likeness (QED) is 0.644. The maximum absolute atomic E-state index is 13.3. The number of nitrogens with zero attached hydrogens (tertiary/aromatic N) is 1. The van der Waals surface area contributed by atoms with Crippen molar-refractivity contribution in [2.45, 2.75) is 102 Å². The summed E-state index contributed by atoms with van der Waals surface area (Å²) in [5.74, 6) is 1.55. The van der Waals surface area contributed by atoms with Crippen LogP contribution in [-0.4, -0.2) is 40.1 Å². The van der Waals surface area contributed by atoms with Crippen molar-refractivity contribution in [2.24, 2.45) is 11.8 Å². The minimum absolute atomic E-state index is 0.0322. The fraction of sp³-hybridized carbons (Fsp3) is 0.905. The summed E-state index contributed by atoms with van der Waals surface area (Å²) in [6.07, 6.45) is 15.0. The van der Waals surface area contributed by atoms with E-state index in [0.29, 0.717) is 5.92 Å². The molecule has 148 valence electrons. The summed E-state index contributed by atoms with van der Waals surface area (Å²) >= 11 is 0. The minimum atomic E-state index is -0.607. The number of hydrogen-bond acceptors (Lipinski definition) is 3. The van der Waals surface area contributed by atoms with Gasteiger partial charge >= 0.3 is 0 Å². The van der Waals surface area contributed by atoms with Crippen molar-refractivity contribution in [3.8, 4) is 0 Å². The van der Waals surface area contributed by atoms with E-state index in [-0.39, 0.29) is 18.4 Å². The summed E-state index contributed by atoms with van der Waals surface area (Å²) in [6, 6.07) is 0. The van der Waals surface area contributed by atoms with Crippen molar-refractivity contribution in [3.05, 3.63) is 0 Å². The Labute approximate surface area is 158 Å². The number of carbonyl (C=O) groups excluding carboxylic acids is 1. The largest absolute Gasteiger partial charge is 0.392 e. The van der Waals surface area contributed by atoms with Crippen molar-refractivity contribution in [2.75, 3.05) is 6.54 Å². The molecule has 0 radical (unpaired) electrons. The summed E-state index contributed by atoms with van der Waals surface area (Å²) in [5, 5.41) is 21.4. The number of guanidine groups is 1. The van der Waals surface area contributed by atoms with Crippen LogP contribution in [0.5, 0.6) is 0 Å². The molecule has 0 aromatic rings. The first-order valence-electron chi connectivity index (χ1n) is 10.9. The van der Waals surface area contributed by atoms with Crippen LogP contribution in [0.2, 0.25) is 0 Å². The second-order valence-corrected chi connectivity index (χ2v) is 9.07. The SMILES string of the molecule is C[C@@H](O)CN1C(=N)N[C@](CCC2CCCCC2)(CC2CCCCC2)C1=O. The zero-order valence-corrected chi connectivity index (χ0v) is 16.4. The Balaban J connectivity index is 1.72. The Kier molecular flexibility index (Phi) is 6.60. The van der Waals surface area contributed by atoms with Gasteiger partial charge in [0.05, 0.1) is 12.6 Å². The Hall–Kier alpha value is -1.10. The van der Waals surface area contributed by atoms with Gasteiger partial charge in [-0.25, -0.2) is 0 Å². The average molecular weight is 364 g/mol. The number of rotatable bonds is 7. The van der Waals surface area contributed by atoms with Crippen molar-refractivity contribution in [1.29, 1.82) is 5.41 Å². The highest BCUT2D eigenvalue weighted by atomic mass is 16.3. The zero-order chi connectivity index (χ0) is 18.6. The lowest BCUT2D eigenvalue weighted by atomic mass is 9.75. The highest BCUT2D eigenvalue weighted by Gasteiger charge is 2.50. The lowest BCUT2D eigenvalue weighted by molar-refractivity contribution is -0.133. The van der Waals surface area contributed by atoms with Crippen LogP contribution in [-0.2, 0) is 4.79 Å². The fourth-order valence-electron chi connectivity index (χ4n) is 5.37. The third-order valence-corrected chi connectivity index (χ3v) is 6.79. The van der Waals surface area contributed by atoms with Crippen LogP contribution < -0.4 is 5.32 Å². The van der Waals surface area contributed by atoms with Gasteiger partial charge in [0.2, 0.25) is 0 Å². The van der Waals surface area contributed by atoms with Gasteiger partial charge in [-0.3, -0.25) is 15.1 Å². The summed E-state index contributed by atoms with van der Waals surface area (Å²) in [6.45, 7) is 1.91. The van der Waals surface area contributed by atoms with E-state index < -0.39 is 11.6 Å². The van der Waals surface area contributed by atoms with Crippen molar-refractivity contribution in [1.82, 2.24) is 10.2 Å². The Morgan fingerprint density at radius 2 is 1.69 bits per heavy atom. The first-order valence-corrected chi connectivity index (χ1v) is 10.9. The van der Waals surface area contributed by atoms with Gasteiger partial charge in [0.15, 0.2) is 5.96 Å². The molecule has 1 heterocycles. The van der Waals surface area contributed by atoms with E-state index >= 15 is 0 Å². The van der Waals surface area contributed by atoms with E-state index in [4.69, 9.17) is 5.41 Å². The number of amides is 1. The molecule has 2 saturated carbocycles. The molecule has 1 saturated heterocycles. The Morgan fingerprint density at radius 1 is 1.12 bits per heavy atom. The predicted molar refractivity (Wildman–Crippen MR) is 104 cm³/mol. The van der Waals surface area contributed by atoms with Gasteiger partial charge < -0.3 is 10.4 Å². The third kappa shape index (κ3) is 4.59. The molecule has 3 fully saturated rings. The smallest absolute Gasteiger partial charge is 0.255 e. The molecule has 2 atom stereocenters. The summed E-state index contributed by atoms with van der Waals surface area (Å²) in [7, 11) is 0. The van der Waals surface area contributed by atoms with E-state index in [9.17, 15) is 9.90 Å².